The van der Waals surface area contributed by atoms with E-state index < -0.39 is 23.7 Å². The number of halogens is 4. The minimum absolute atomic E-state index is 0.0104. The number of thiophene rings is 1. The second-order valence-corrected chi connectivity index (χ2v) is 9.73. The summed E-state index contributed by atoms with van der Waals surface area (Å²) >= 11 is 6.58. The van der Waals surface area contributed by atoms with Gasteiger partial charge in [0.1, 0.15) is 39.3 Å². The molecule has 2 amide bonds. The highest BCUT2D eigenvalue weighted by molar-refractivity contribution is 7.21. The van der Waals surface area contributed by atoms with Crippen molar-refractivity contribution in [2.24, 2.45) is 5.73 Å². The number of aromatic nitrogens is 1. The van der Waals surface area contributed by atoms with Crippen LogP contribution in [0.3, 0.4) is 0 Å². The maximum atomic E-state index is 13.6. The van der Waals surface area contributed by atoms with Crippen molar-refractivity contribution < 1.29 is 36.3 Å². The molecule has 5 rings (SSSR count). The number of carbonyl (C=O) groups excluding carboxylic acids is 2. The van der Waals surface area contributed by atoms with E-state index >= 15 is 0 Å². The Morgan fingerprint density at radius 2 is 1.97 bits per heavy atom. The normalized spacial score (nSPS) is 11.6. The maximum absolute atomic E-state index is 13.6. The van der Waals surface area contributed by atoms with Crippen LogP contribution in [0.4, 0.5) is 18.9 Å². The first-order chi connectivity index (χ1) is 18.5. The average molecular weight is 576 g/mol. The third-order valence-corrected chi connectivity index (χ3v) is 6.93. The topological polar surface area (TPSA) is 121 Å². The number of furan rings is 2. The number of nitrogens with zero attached hydrogens (tertiary/aromatic N) is 1. The molecular formula is C26H17ClF3N3O5S. The number of primary amides is 1. The first-order valence-electron chi connectivity index (χ1n) is 11.2. The van der Waals surface area contributed by atoms with Crippen molar-refractivity contribution >= 4 is 50.7 Å². The molecule has 5 aromatic rings. The van der Waals surface area contributed by atoms with Gasteiger partial charge in [0.25, 0.3) is 11.8 Å². The number of nitrogens with two attached hydrogens (primary N) is 1. The zero-order valence-electron chi connectivity index (χ0n) is 19.9. The molecule has 0 radical (unpaired) electrons. The number of nitrogens with one attached hydrogen (secondary N) is 1. The zero-order valence-corrected chi connectivity index (χ0v) is 21.5. The number of aryl methyl sites for hydroxylation is 1. The standard InChI is InChI=1S/C26H17ClF3N3O5S/c1-12-9-13(27)4-6-16(12)37-11-14-5-7-18(38-14)24(35)33-21-20-15(17-3-2-8-36-17)10-19(26(28,29)30)32-25(20)39-22(21)23(31)34/h2-10H,11H2,1H3,(H2,31,34)(H,33,35). The molecule has 4 heterocycles. The second-order valence-electron chi connectivity index (χ2n) is 8.30. The summed E-state index contributed by atoms with van der Waals surface area (Å²) in [5.41, 5.74) is 4.99. The summed E-state index contributed by atoms with van der Waals surface area (Å²) in [6.45, 7) is 1.84. The molecule has 0 fully saturated rings. The van der Waals surface area contributed by atoms with Gasteiger partial charge in [-0.1, -0.05) is 11.6 Å². The van der Waals surface area contributed by atoms with Crippen LogP contribution in [0.25, 0.3) is 21.5 Å². The lowest BCUT2D eigenvalue weighted by atomic mass is 10.1. The van der Waals surface area contributed by atoms with Crippen LogP contribution in [0.5, 0.6) is 5.75 Å². The molecule has 0 atom stereocenters. The Balaban J connectivity index is 1.48. The van der Waals surface area contributed by atoms with Crippen molar-refractivity contribution in [2.75, 3.05) is 5.32 Å². The van der Waals surface area contributed by atoms with Crippen LogP contribution in [-0.4, -0.2) is 16.8 Å². The molecule has 1 aromatic carbocycles. The predicted molar refractivity (Wildman–Crippen MR) is 138 cm³/mol. The molecule has 0 aliphatic rings. The van der Waals surface area contributed by atoms with Crippen molar-refractivity contribution in [1.82, 2.24) is 4.98 Å². The van der Waals surface area contributed by atoms with Crippen molar-refractivity contribution in [1.29, 1.82) is 0 Å². The third kappa shape index (κ3) is 5.33. The van der Waals surface area contributed by atoms with E-state index in [4.69, 9.17) is 30.9 Å². The molecule has 13 heteroatoms. The number of ether oxygens (including phenoxy) is 1. The summed E-state index contributed by atoms with van der Waals surface area (Å²) in [5, 5.41) is 3.18. The van der Waals surface area contributed by atoms with E-state index in [1.165, 1.54) is 30.5 Å². The minimum atomic E-state index is -4.77. The summed E-state index contributed by atoms with van der Waals surface area (Å²) < 4.78 is 57.4. The summed E-state index contributed by atoms with van der Waals surface area (Å²) in [6, 6.07) is 11.8. The van der Waals surface area contributed by atoms with Crippen LogP contribution in [0.2, 0.25) is 5.02 Å². The number of alkyl halides is 3. The van der Waals surface area contributed by atoms with Crippen LogP contribution in [0.1, 0.15) is 37.2 Å². The Bertz CT molecular complexity index is 1710. The van der Waals surface area contributed by atoms with Gasteiger partial charge in [0.2, 0.25) is 0 Å². The fourth-order valence-electron chi connectivity index (χ4n) is 3.84. The molecule has 0 saturated carbocycles. The second kappa shape index (κ2) is 10.1. The number of rotatable bonds is 7. The molecule has 0 saturated heterocycles. The molecule has 0 bridgehead atoms. The number of anilines is 1. The lowest BCUT2D eigenvalue weighted by Gasteiger charge is -2.10. The molecule has 4 aromatic heterocycles. The molecule has 200 valence electrons. The van der Waals surface area contributed by atoms with Gasteiger partial charge in [-0.25, -0.2) is 4.98 Å². The Hall–Kier alpha value is -4.29. The monoisotopic (exact) mass is 575 g/mol. The maximum Gasteiger partial charge on any atom is 0.433 e. The van der Waals surface area contributed by atoms with Crippen molar-refractivity contribution in [2.45, 2.75) is 19.7 Å². The van der Waals surface area contributed by atoms with E-state index in [1.54, 1.807) is 18.2 Å². The van der Waals surface area contributed by atoms with Crippen LogP contribution in [-0.2, 0) is 12.8 Å². The lowest BCUT2D eigenvalue weighted by Crippen LogP contribution is -2.16. The fourth-order valence-corrected chi connectivity index (χ4v) is 5.07. The third-order valence-electron chi connectivity index (χ3n) is 5.59. The number of fused-ring (bicyclic) bond motifs is 1. The lowest BCUT2D eigenvalue weighted by molar-refractivity contribution is -0.140. The number of hydrogen-bond acceptors (Lipinski definition) is 7. The van der Waals surface area contributed by atoms with Crippen LogP contribution < -0.4 is 15.8 Å². The minimum Gasteiger partial charge on any atom is -0.485 e. The summed E-state index contributed by atoms with van der Waals surface area (Å²) in [4.78, 5) is 28.6. The van der Waals surface area contributed by atoms with E-state index in [-0.39, 0.29) is 44.5 Å². The van der Waals surface area contributed by atoms with Gasteiger partial charge < -0.3 is 24.6 Å². The molecule has 39 heavy (non-hydrogen) atoms. The number of hydrogen-bond donors (Lipinski definition) is 2. The Labute approximate surface area is 227 Å². The fraction of sp³-hybridized carbons (Fsp3) is 0.115. The number of amides is 2. The summed E-state index contributed by atoms with van der Waals surface area (Å²) in [7, 11) is 0. The zero-order chi connectivity index (χ0) is 27.9. The molecule has 0 aliphatic carbocycles. The van der Waals surface area contributed by atoms with Crippen molar-refractivity contribution in [3.05, 3.63) is 87.5 Å². The van der Waals surface area contributed by atoms with E-state index in [0.717, 1.165) is 11.6 Å². The molecule has 0 aliphatic heterocycles. The van der Waals surface area contributed by atoms with Crippen molar-refractivity contribution in [3.63, 3.8) is 0 Å². The Kier molecular flexibility index (Phi) is 6.83. The molecule has 8 nitrogen and oxygen atoms in total. The molecule has 3 N–H and O–H groups in total. The molecular weight excluding hydrogens is 559 g/mol. The number of carbonyl (C=O) groups is 2. The van der Waals surface area contributed by atoms with Crippen molar-refractivity contribution in [3.8, 4) is 17.1 Å². The number of benzene rings is 1. The van der Waals surface area contributed by atoms with Gasteiger partial charge in [-0.2, -0.15) is 13.2 Å². The van der Waals surface area contributed by atoms with Gasteiger partial charge in [0.15, 0.2) is 5.76 Å². The van der Waals surface area contributed by atoms with Gasteiger partial charge in [0.05, 0.1) is 12.0 Å². The first-order valence-corrected chi connectivity index (χ1v) is 12.4. The highest BCUT2D eigenvalue weighted by Gasteiger charge is 2.35. The highest BCUT2D eigenvalue weighted by Crippen LogP contribution is 2.44. The van der Waals surface area contributed by atoms with E-state index in [1.807, 2.05) is 6.92 Å². The van der Waals surface area contributed by atoms with Gasteiger partial charge in [-0.3, -0.25) is 9.59 Å². The first kappa shape index (κ1) is 26.3. The quantitative estimate of drug-likeness (QED) is 0.214. The number of pyridine rings is 1. The smallest absolute Gasteiger partial charge is 0.433 e. The Morgan fingerprint density at radius 1 is 1.18 bits per heavy atom. The van der Waals surface area contributed by atoms with E-state index in [0.29, 0.717) is 27.9 Å². The van der Waals surface area contributed by atoms with Crippen LogP contribution in [0.15, 0.2) is 63.6 Å². The van der Waals surface area contributed by atoms with Crippen LogP contribution >= 0.6 is 22.9 Å². The van der Waals surface area contributed by atoms with Crippen LogP contribution in [0, 0.1) is 6.92 Å². The largest absolute Gasteiger partial charge is 0.485 e. The Morgan fingerprint density at radius 3 is 2.64 bits per heavy atom. The average Bonchev–Trinajstić information content (AvgIpc) is 3.63. The van der Waals surface area contributed by atoms with Gasteiger partial charge in [-0.05, 0) is 61.0 Å². The van der Waals surface area contributed by atoms with Gasteiger partial charge in [-0.15, -0.1) is 11.3 Å². The molecule has 0 spiro atoms. The SMILES string of the molecule is Cc1cc(Cl)ccc1OCc1ccc(C(=O)Nc2c(C(N)=O)sc3nc(C(F)(F)F)cc(-c4ccco4)c23)o1. The van der Waals surface area contributed by atoms with Gasteiger partial charge in [0, 0.05) is 16.0 Å². The van der Waals surface area contributed by atoms with Gasteiger partial charge >= 0.3 is 6.18 Å². The summed E-state index contributed by atoms with van der Waals surface area (Å²) in [6.07, 6.45) is -3.49. The predicted octanol–water partition coefficient (Wildman–Crippen LogP) is 7.06. The highest BCUT2D eigenvalue weighted by atomic mass is 35.5. The van der Waals surface area contributed by atoms with E-state index in [2.05, 4.69) is 10.3 Å². The summed E-state index contributed by atoms with van der Waals surface area (Å²) in [5.74, 6) is -0.875. The van der Waals surface area contributed by atoms with E-state index in [9.17, 15) is 22.8 Å². The molecule has 0 unspecified atom stereocenters.